The van der Waals surface area contributed by atoms with Gasteiger partial charge in [0.2, 0.25) is 0 Å². The van der Waals surface area contributed by atoms with Gasteiger partial charge >= 0.3 is 0 Å². The Labute approximate surface area is 171 Å². The highest BCUT2D eigenvalue weighted by atomic mass is 19.3. The second kappa shape index (κ2) is 5.84. The molecule has 1 atom stereocenters. The predicted octanol–water partition coefficient (Wildman–Crippen LogP) is 4.46. The summed E-state index contributed by atoms with van der Waals surface area (Å²) in [5.74, 6) is -4.27. The SMILES string of the molecule is Nc1c(-c2ccc(F)c3[nH]ncc23)c2cc(C3CC3(F)F)c3ncccc3c2[nH]c1=O. The fraction of sp³-hybridized carbons (Fsp3) is 0.136. The maximum Gasteiger partial charge on any atom is 0.272 e. The van der Waals surface area contributed by atoms with Crippen LogP contribution < -0.4 is 11.3 Å². The number of nitrogen functional groups attached to an aromatic ring is 1. The van der Waals surface area contributed by atoms with E-state index in [-0.39, 0.29) is 17.6 Å². The highest BCUT2D eigenvalue weighted by Gasteiger charge is 2.58. The summed E-state index contributed by atoms with van der Waals surface area (Å²) in [6, 6.07) is 7.78. The third kappa shape index (κ3) is 2.43. The molecular formula is C22H14F3N5O. The first-order valence-electron chi connectivity index (χ1n) is 9.59. The summed E-state index contributed by atoms with van der Waals surface area (Å²) in [6.07, 6.45) is 2.71. The second-order valence-corrected chi connectivity index (χ2v) is 7.80. The highest BCUT2D eigenvalue weighted by Crippen LogP contribution is 2.57. The summed E-state index contributed by atoms with van der Waals surface area (Å²) >= 11 is 0. The molecule has 0 spiro atoms. The molecule has 1 unspecified atom stereocenters. The first-order chi connectivity index (χ1) is 14.9. The lowest BCUT2D eigenvalue weighted by molar-refractivity contribution is 0.112. The van der Waals surface area contributed by atoms with Crippen LogP contribution in [0.4, 0.5) is 18.9 Å². The first kappa shape index (κ1) is 17.9. The Kier molecular flexibility index (Phi) is 3.38. The van der Waals surface area contributed by atoms with Crippen LogP contribution in [0.1, 0.15) is 17.9 Å². The van der Waals surface area contributed by atoms with Crippen molar-refractivity contribution in [3.63, 3.8) is 0 Å². The van der Waals surface area contributed by atoms with E-state index in [2.05, 4.69) is 20.2 Å². The van der Waals surface area contributed by atoms with Gasteiger partial charge in [-0.25, -0.2) is 13.2 Å². The van der Waals surface area contributed by atoms with Crippen LogP contribution in [-0.4, -0.2) is 26.1 Å². The molecule has 0 saturated heterocycles. The van der Waals surface area contributed by atoms with Gasteiger partial charge in [-0.15, -0.1) is 0 Å². The third-order valence-corrected chi connectivity index (χ3v) is 5.98. The zero-order chi connectivity index (χ0) is 21.5. The van der Waals surface area contributed by atoms with E-state index in [0.717, 1.165) is 0 Å². The summed E-state index contributed by atoms with van der Waals surface area (Å²) in [7, 11) is 0. The number of nitrogens with two attached hydrogens (primary N) is 1. The molecule has 4 N–H and O–H groups in total. The van der Waals surface area contributed by atoms with Crippen molar-refractivity contribution in [2.75, 3.05) is 5.73 Å². The van der Waals surface area contributed by atoms with Gasteiger partial charge in [0.25, 0.3) is 11.5 Å². The average molecular weight is 421 g/mol. The molecule has 0 amide bonds. The van der Waals surface area contributed by atoms with Crippen LogP contribution in [0.15, 0.2) is 47.5 Å². The van der Waals surface area contributed by atoms with Crippen LogP contribution in [0.25, 0.3) is 43.8 Å². The Morgan fingerprint density at radius 1 is 1.13 bits per heavy atom. The molecule has 154 valence electrons. The van der Waals surface area contributed by atoms with E-state index in [4.69, 9.17) is 5.73 Å². The summed E-state index contributed by atoms with van der Waals surface area (Å²) in [4.78, 5) is 19.8. The standard InChI is InChI=1S/C22H14F3N5O/c23-15-4-3-9(13-8-28-30-20(13)15)16-12-6-11(14-7-22(14,24)25)18-10(2-1-5-27-18)19(12)29-21(31)17(16)26/h1-6,8,14H,7,26H2,(H,28,30)(H,29,31). The number of H-pyrrole nitrogens is 2. The number of fused-ring (bicyclic) bond motifs is 4. The van der Waals surface area contributed by atoms with Gasteiger partial charge in [-0.1, -0.05) is 6.07 Å². The number of hydrogen-bond donors (Lipinski definition) is 3. The lowest BCUT2D eigenvalue weighted by atomic mass is 9.93. The largest absolute Gasteiger partial charge is 0.394 e. The number of halogens is 3. The van der Waals surface area contributed by atoms with Crippen LogP contribution in [0.2, 0.25) is 0 Å². The molecule has 3 aromatic heterocycles. The summed E-state index contributed by atoms with van der Waals surface area (Å²) in [6.45, 7) is 0. The number of nitrogens with zero attached hydrogens (tertiary/aromatic N) is 2. The Morgan fingerprint density at radius 3 is 2.71 bits per heavy atom. The molecule has 2 aromatic carbocycles. The lowest BCUT2D eigenvalue weighted by Crippen LogP contribution is -2.14. The van der Waals surface area contributed by atoms with Crippen molar-refractivity contribution in [1.82, 2.24) is 20.2 Å². The minimum Gasteiger partial charge on any atom is -0.394 e. The smallest absolute Gasteiger partial charge is 0.272 e. The first-order valence-corrected chi connectivity index (χ1v) is 9.59. The Hall–Kier alpha value is -3.88. The molecule has 6 nitrogen and oxygen atoms in total. The molecular weight excluding hydrogens is 407 g/mol. The van der Waals surface area contributed by atoms with Gasteiger partial charge in [0.1, 0.15) is 17.0 Å². The van der Waals surface area contributed by atoms with Crippen molar-refractivity contribution in [3.8, 4) is 11.1 Å². The van der Waals surface area contributed by atoms with Gasteiger partial charge < -0.3 is 10.7 Å². The molecule has 3 heterocycles. The third-order valence-electron chi connectivity index (χ3n) is 5.98. The molecule has 1 aliphatic carbocycles. The van der Waals surface area contributed by atoms with Crippen LogP contribution in [0, 0.1) is 5.82 Å². The maximum absolute atomic E-state index is 14.2. The van der Waals surface area contributed by atoms with E-state index in [0.29, 0.717) is 43.9 Å². The monoisotopic (exact) mass is 421 g/mol. The normalized spacial score (nSPS) is 17.6. The van der Waals surface area contributed by atoms with Crippen molar-refractivity contribution in [3.05, 3.63) is 64.5 Å². The summed E-state index contributed by atoms with van der Waals surface area (Å²) in [5, 5.41) is 7.97. The number of benzene rings is 2. The van der Waals surface area contributed by atoms with Crippen molar-refractivity contribution in [2.45, 2.75) is 18.3 Å². The van der Waals surface area contributed by atoms with E-state index in [1.807, 2.05) is 0 Å². The Balaban J connectivity index is 1.80. The Bertz CT molecular complexity index is 1600. The lowest BCUT2D eigenvalue weighted by Gasteiger charge is -2.15. The predicted molar refractivity (Wildman–Crippen MR) is 112 cm³/mol. The van der Waals surface area contributed by atoms with Crippen molar-refractivity contribution < 1.29 is 13.2 Å². The van der Waals surface area contributed by atoms with Crippen LogP contribution in [0.5, 0.6) is 0 Å². The molecule has 1 saturated carbocycles. The van der Waals surface area contributed by atoms with E-state index in [1.165, 1.54) is 24.5 Å². The number of aromatic nitrogens is 4. The van der Waals surface area contributed by atoms with Gasteiger partial charge in [-0.2, -0.15) is 5.10 Å². The number of anilines is 1. The van der Waals surface area contributed by atoms with Crippen molar-refractivity contribution >= 4 is 38.4 Å². The topological polar surface area (TPSA) is 100 Å². The maximum atomic E-state index is 14.2. The molecule has 0 aliphatic heterocycles. The molecule has 1 fully saturated rings. The van der Waals surface area contributed by atoms with Gasteiger partial charge in [0.15, 0.2) is 0 Å². The van der Waals surface area contributed by atoms with E-state index in [9.17, 15) is 18.0 Å². The number of rotatable bonds is 2. The molecule has 0 bridgehead atoms. The van der Waals surface area contributed by atoms with Gasteiger partial charge in [0, 0.05) is 34.3 Å². The molecule has 5 aromatic rings. The minimum atomic E-state index is -2.81. The van der Waals surface area contributed by atoms with E-state index >= 15 is 0 Å². The molecule has 1 aliphatic rings. The molecule has 6 rings (SSSR count). The minimum absolute atomic E-state index is 0.0849. The van der Waals surface area contributed by atoms with Crippen LogP contribution in [-0.2, 0) is 0 Å². The molecule has 9 heteroatoms. The second-order valence-electron chi connectivity index (χ2n) is 7.80. The van der Waals surface area contributed by atoms with Gasteiger partial charge in [-0.05, 0) is 35.4 Å². The molecule has 0 radical (unpaired) electrons. The Morgan fingerprint density at radius 2 is 1.94 bits per heavy atom. The summed E-state index contributed by atoms with van der Waals surface area (Å²) in [5.41, 5.74) is 7.81. The summed E-state index contributed by atoms with van der Waals surface area (Å²) < 4.78 is 42.3. The average Bonchev–Trinajstić information content (AvgIpc) is 3.13. The zero-order valence-corrected chi connectivity index (χ0v) is 15.8. The van der Waals surface area contributed by atoms with Crippen LogP contribution in [0.3, 0.4) is 0 Å². The van der Waals surface area contributed by atoms with Gasteiger partial charge in [0.05, 0.1) is 23.1 Å². The van der Waals surface area contributed by atoms with E-state index in [1.54, 1.807) is 18.2 Å². The number of hydrogen-bond acceptors (Lipinski definition) is 4. The quantitative estimate of drug-likeness (QED) is 0.366. The number of alkyl halides is 2. The number of pyridine rings is 2. The number of aromatic amines is 2. The highest BCUT2D eigenvalue weighted by molar-refractivity contribution is 6.15. The van der Waals surface area contributed by atoms with Crippen molar-refractivity contribution in [1.29, 1.82) is 0 Å². The molecule has 31 heavy (non-hydrogen) atoms. The zero-order valence-electron chi connectivity index (χ0n) is 15.8. The van der Waals surface area contributed by atoms with Crippen LogP contribution >= 0.6 is 0 Å². The van der Waals surface area contributed by atoms with Gasteiger partial charge in [-0.3, -0.25) is 14.9 Å². The fourth-order valence-electron chi connectivity index (χ4n) is 4.38. The van der Waals surface area contributed by atoms with E-state index < -0.39 is 23.2 Å². The van der Waals surface area contributed by atoms with Crippen molar-refractivity contribution in [2.24, 2.45) is 0 Å². The fourth-order valence-corrected chi connectivity index (χ4v) is 4.38. The number of nitrogens with one attached hydrogen (secondary N) is 2.